The number of halogens is 1. The van der Waals surface area contributed by atoms with Gasteiger partial charge in [-0.1, -0.05) is 30.7 Å². The Hall–Kier alpha value is -1.26. The van der Waals surface area contributed by atoms with Gasteiger partial charge < -0.3 is 15.0 Å². The molecule has 1 aromatic rings. The van der Waals surface area contributed by atoms with Crippen LogP contribution < -0.4 is 10.1 Å². The number of benzene rings is 1. The topological polar surface area (TPSA) is 41.6 Å². The van der Waals surface area contributed by atoms with Gasteiger partial charge in [0.15, 0.2) is 6.61 Å². The van der Waals surface area contributed by atoms with E-state index in [0.29, 0.717) is 30.4 Å². The molecule has 4 nitrogen and oxygen atoms in total. The standard InChI is InChI=1S/C15H23ClN2O2/c1-4-17-10-12-8-7-9-13(16)15(12)20-11-14(19)18(5-2)6-3/h7-9,17H,4-6,10-11H2,1-3H3. The molecule has 0 aromatic heterocycles. The number of nitrogens with one attached hydrogen (secondary N) is 1. The number of likely N-dealkylation sites (N-methyl/N-ethyl adjacent to an activating group) is 1. The summed E-state index contributed by atoms with van der Waals surface area (Å²) in [5.74, 6) is 0.569. The van der Waals surface area contributed by atoms with Crippen LogP contribution in [0.15, 0.2) is 18.2 Å². The lowest BCUT2D eigenvalue weighted by Crippen LogP contribution is -2.34. The summed E-state index contributed by atoms with van der Waals surface area (Å²) in [5.41, 5.74) is 0.965. The van der Waals surface area contributed by atoms with Gasteiger partial charge in [0.05, 0.1) is 5.02 Å². The Morgan fingerprint density at radius 1 is 1.30 bits per heavy atom. The number of carbonyl (C=O) groups excluding carboxylic acids is 1. The Bertz CT molecular complexity index is 434. The van der Waals surface area contributed by atoms with Gasteiger partial charge >= 0.3 is 0 Å². The van der Waals surface area contributed by atoms with E-state index in [0.717, 1.165) is 12.1 Å². The fraction of sp³-hybridized carbons (Fsp3) is 0.533. The molecule has 0 heterocycles. The van der Waals surface area contributed by atoms with Gasteiger partial charge in [-0.25, -0.2) is 0 Å². The lowest BCUT2D eigenvalue weighted by Gasteiger charge is -2.20. The third-order valence-electron chi connectivity index (χ3n) is 3.07. The first kappa shape index (κ1) is 16.8. The van der Waals surface area contributed by atoms with Crippen LogP contribution in [-0.4, -0.2) is 37.0 Å². The highest BCUT2D eigenvalue weighted by molar-refractivity contribution is 6.32. The minimum absolute atomic E-state index is 0.0184. The maximum atomic E-state index is 12.0. The van der Waals surface area contributed by atoms with Crippen molar-refractivity contribution < 1.29 is 9.53 Å². The van der Waals surface area contributed by atoms with Gasteiger partial charge in [0.1, 0.15) is 5.75 Å². The summed E-state index contributed by atoms with van der Waals surface area (Å²) < 4.78 is 5.65. The average Bonchev–Trinajstić information content (AvgIpc) is 2.45. The highest BCUT2D eigenvalue weighted by atomic mass is 35.5. The van der Waals surface area contributed by atoms with Crippen LogP contribution in [0.1, 0.15) is 26.3 Å². The van der Waals surface area contributed by atoms with Crippen molar-refractivity contribution in [2.75, 3.05) is 26.2 Å². The van der Waals surface area contributed by atoms with Crippen LogP contribution in [0.4, 0.5) is 0 Å². The number of nitrogens with zero attached hydrogens (tertiary/aromatic N) is 1. The van der Waals surface area contributed by atoms with E-state index in [1.165, 1.54) is 0 Å². The number of hydrogen-bond acceptors (Lipinski definition) is 3. The van der Waals surface area contributed by atoms with Gasteiger partial charge in [-0.3, -0.25) is 4.79 Å². The predicted octanol–water partition coefficient (Wildman–Crippen LogP) is 2.70. The third-order valence-corrected chi connectivity index (χ3v) is 3.37. The van der Waals surface area contributed by atoms with Crippen molar-refractivity contribution in [1.82, 2.24) is 10.2 Å². The minimum atomic E-state index is -0.0238. The Morgan fingerprint density at radius 3 is 2.60 bits per heavy atom. The molecular formula is C15H23ClN2O2. The van der Waals surface area contributed by atoms with Crippen molar-refractivity contribution in [3.05, 3.63) is 28.8 Å². The normalized spacial score (nSPS) is 10.4. The molecule has 1 N–H and O–H groups in total. The molecular weight excluding hydrogens is 276 g/mol. The van der Waals surface area contributed by atoms with Gasteiger partial charge in [0.2, 0.25) is 0 Å². The van der Waals surface area contributed by atoms with E-state index < -0.39 is 0 Å². The minimum Gasteiger partial charge on any atom is -0.482 e. The summed E-state index contributed by atoms with van der Waals surface area (Å²) in [6.45, 7) is 8.87. The summed E-state index contributed by atoms with van der Waals surface area (Å²) in [4.78, 5) is 13.7. The van der Waals surface area contributed by atoms with Crippen molar-refractivity contribution in [2.45, 2.75) is 27.3 Å². The molecule has 0 saturated carbocycles. The molecule has 1 aromatic carbocycles. The van der Waals surface area contributed by atoms with Gasteiger partial charge in [-0.15, -0.1) is 0 Å². The molecule has 20 heavy (non-hydrogen) atoms. The first-order valence-corrected chi connectivity index (χ1v) is 7.40. The molecule has 0 aliphatic rings. The van der Waals surface area contributed by atoms with Crippen LogP contribution in [0.5, 0.6) is 5.75 Å². The van der Waals surface area contributed by atoms with Crippen LogP contribution in [0.2, 0.25) is 5.02 Å². The largest absolute Gasteiger partial charge is 0.482 e. The lowest BCUT2D eigenvalue weighted by atomic mass is 10.2. The zero-order valence-electron chi connectivity index (χ0n) is 12.4. The van der Waals surface area contributed by atoms with E-state index in [4.69, 9.17) is 16.3 Å². The molecule has 0 bridgehead atoms. The highest BCUT2D eigenvalue weighted by Crippen LogP contribution is 2.28. The summed E-state index contributed by atoms with van der Waals surface area (Å²) in [5, 5.41) is 3.77. The zero-order valence-corrected chi connectivity index (χ0v) is 13.2. The van der Waals surface area contributed by atoms with E-state index >= 15 is 0 Å². The molecule has 5 heteroatoms. The van der Waals surface area contributed by atoms with Crippen LogP contribution in [0, 0.1) is 0 Å². The second-order valence-corrected chi connectivity index (χ2v) is 4.77. The molecule has 0 aliphatic heterocycles. The molecule has 1 amide bonds. The van der Waals surface area contributed by atoms with Crippen LogP contribution in [-0.2, 0) is 11.3 Å². The first-order valence-electron chi connectivity index (χ1n) is 7.02. The monoisotopic (exact) mass is 298 g/mol. The third kappa shape index (κ3) is 4.69. The van der Waals surface area contributed by atoms with Gasteiger partial charge in [0.25, 0.3) is 5.91 Å². The summed E-state index contributed by atoms with van der Waals surface area (Å²) >= 11 is 6.16. The van der Waals surface area contributed by atoms with Crippen LogP contribution in [0.3, 0.4) is 0 Å². The number of para-hydroxylation sites is 1. The van der Waals surface area contributed by atoms with E-state index in [9.17, 15) is 4.79 Å². The first-order chi connectivity index (χ1) is 9.63. The van der Waals surface area contributed by atoms with Crippen molar-refractivity contribution in [3.8, 4) is 5.75 Å². The Balaban J connectivity index is 2.73. The summed E-state index contributed by atoms with van der Waals surface area (Å²) in [7, 11) is 0. The molecule has 1 rings (SSSR count). The van der Waals surface area contributed by atoms with E-state index in [-0.39, 0.29) is 12.5 Å². The van der Waals surface area contributed by atoms with Crippen LogP contribution >= 0.6 is 11.6 Å². The Kier molecular flexibility index (Phi) is 7.41. The number of carbonyl (C=O) groups is 1. The van der Waals surface area contributed by atoms with Crippen molar-refractivity contribution in [2.24, 2.45) is 0 Å². The highest BCUT2D eigenvalue weighted by Gasteiger charge is 2.13. The van der Waals surface area contributed by atoms with Crippen molar-refractivity contribution in [1.29, 1.82) is 0 Å². The zero-order chi connectivity index (χ0) is 15.0. The number of amides is 1. The predicted molar refractivity (Wildman–Crippen MR) is 82.3 cm³/mol. The molecule has 0 fully saturated rings. The fourth-order valence-corrected chi connectivity index (χ4v) is 2.16. The van der Waals surface area contributed by atoms with E-state index in [1.807, 2.05) is 32.9 Å². The van der Waals surface area contributed by atoms with Gasteiger partial charge in [-0.2, -0.15) is 0 Å². The molecule has 0 saturated heterocycles. The number of rotatable bonds is 8. The number of ether oxygens (including phenoxy) is 1. The molecule has 112 valence electrons. The number of hydrogen-bond donors (Lipinski definition) is 1. The SMILES string of the molecule is CCNCc1cccc(Cl)c1OCC(=O)N(CC)CC. The van der Waals surface area contributed by atoms with Gasteiger partial charge in [0, 0.05) is 25.2 Å². The second-order valence-electron chi connectivity index (χ2n) is 4.36. The quantitative estimate of drug-likeness (QED) is 0.802. The van der Waals surface area contributed by atoms with E-state index in [1.54, 1.807) is 11.0 Å². The molecule has 0 atom stereocenters. The summed E-state index contributed by atoms with van der Waals surface area (Å²) in [6.07, 6.45) is 0. The average molecular weight is 299 g/mol. The molecule has 0 radical (unpaired) electrons. The maximum Gasteiger partial charge on any atom is 0.260 e. The summed E-state index contributed by atoms with van der Waals surface area (Å²) in [6, 6.07) is 5.61. The smallest absolute Gasteiger partial charge is 0.260 e. The Labute approximate surface area is 126 Å². The Morgan fingerprint density at radius 2 is 2.00 bits per heavy atom. The molecule has 0 spiro atoms. The maximum absolute atomic E-state index is 12.0. The van der Waals surface area contributed by atoms with Gasteiger partial charge in [-0.05, 0) is 26.5 Å². The molecule has 0 unspecified atom stereocenters. The van der Waals surface area contributed by atoms with Crippen molar-refractivity contribution >= 4 is 17.5 Å². The fourth-order valence-electron chi connectivity index (χ4n) is 1.92. The van der Waals surface area contributed by atoms with E-state index in [2.05, 4.69) is 5.32 Å². The molecule has 0 aliphatic carbocycles. The van der Waals surface area contributed by atoms with Crippen molar-refractivity contribution in [3.63, 3.8) is 0 Å². The van der Waals surface area contributed by atoms with Crippen LogP contribution in [0.25, 0.3) is 0 Å². The lowest BCUT2D eigenvalue weighted by molar-refractivity contribution is -0.132. The second kappa shape index (κ2) is 8.82.